The first-order chi connectivity index (χ1) is 4.63. The van der Waals surface area contributed by atoms with Gasteiger partial charge in [-0.25, -0.2) is 0 Å². The SMILES string of the molecule is CCC(C)N(P)C(C)CC.Cl. The third kappa shape index (κ3) is 5.00. The number of rotatable bonds is 4. The van der Waals surface area contributed by atoms with Crippen LogP contribution in [0.25, 0.3) is 0 Å². The van der Waals surface area contributed by atoms with Crippen molar-refractivity contribution in [1.82, 2.24) is 4.67 Å². The predicted molar refractivity (Wildman–Crippen MR) is 58.3 cm³/mol. The minimum absolute atomic E-state index is 0. The average Bonchev–Trinajstić information content (AvgIpc) is 2.00. The van der Waals surface area contributed by atoms with E-state index in [1.807, 2.05) is 0 Å². The van der Waals surface area contributed by atoms with Crippen LogP contribution >= 0.6 is 21.8 Å². The lowest BCUT2D eigenvalue weighted by atomic mass is 10.2. The summed E-state index contributed by atoms with van der Waals surface area (Å²) in [5.41, 5.74) is 0. The van der Waals surface area contributed by atoms with Gasteiger partial charge in [-0.1, -0.05) is 23.2 Å². The van der Waals surface area contributed by atoms with Gasteiger partial charge in [-0.3, -0.25) is 4.67 Å². The van der Waals surface area contributed by atoms with E-state index in [9.17, 15) is 0 Å². The Kier molecular flexibility index (Phi) is 9.48. The van der Waals surface area contributed by atoms with Gasteiger partial charge < -0.3 is 0 Å². The highest BCUT2D eigenvalue weighted by Gasteiger charge is 2.11. The molecule has 0 aromatic rings. The van der Waals surface area contributed by atoms with Gasteiger partial charge in [0.15, 0.2) is 0 Å². The third-order valence-corrected chi connectivity index (χ3v) is 3.22. The van der Waals surface area contributed by atoms with Crippen LogP contribution in [-0.2, 0) is 0 Å². The Labute approximate surface area is 79.6 Å². The molecule has 0 bridgehead atoms. The van der Waals surface area contributed by atoms with Crippen LogP contribution < -0.4 is 0 Å². The molecule has 0 fully saturated rings. The molecule has 0 aliphatic rings. The predicted octanol–water partition coefficient (Wildman–Crippen LogP) is 3.10. The number of halogens is 1. The molecule has 0 aromatic heterocycles. The van der Waals surface area contributed by atoms with E-state index in [0.29, 0.717) is 12.1 Å². The molecule has 0 aliphatic heterocycles. The quantitative estimate of drug-likeness (QED) is 0.626. The van der Waals surface area contributed by atoms with Crippen molar-refractivity contribution in [2.75, 3.05) is 0 Å². The first-order valence-corrected chi connectivity index (χ1v) is 4.68. The van der Waals surface area contributed by atoms with Gasteiger partial charge in [-0.15, -0.1) is 12.4 Å². The lowest BCUT2D eigenvalue weighted by molar-refractivity contribution is 0.288. The fraction of sp³-hybridized carbons (Fsp3) is 1.00. The summed E-state index contributed by atoms with van der Waals surface area (Å²) in [6.45, 7) is 8.98. The van der Waals surface area contributed by atoms with Gasteiger partial charge in [0, 0.05) is 12.1 Å². The summed E-state index contributed by atoms with van der Waals surface area (Å²) in [7, 11) is 2.81. The first kappa shape index (κ1) is 14.2. The van der Waals surface area contributed by atoms with E-state index >= 15 is 0 Å². The zero-order valence-electron chi connectivity index (χ0n) is 8.00. The second kappa shape index (κ2) is 7.34. The summed E-state index contributed by atoms with van der Waals surface area (Å²) in [4.78, 5) is 0. The van der Waals surface area contributed by atoms with Crippen molar-refractivity contribution in [1.29, 1.82) is 0 Å². The van der Waals surface area contributed by atoms with Crippen LogP contribution in [0, 0.1) is 0 Å². The van der Waals surface area contributed by atoms with Gasteiger partial charge in [0.25, 0.3) is 0 Å². The Morgan fingerprint density at radius 3 is 1.55 bits per heavy atom. The minimum Gasteiger partial charge on any atom is -0.282 e. The average molecular weight is 198 g/mol. The molecule has 1 nitrogen and oxygen atoms in total. The fourth-order valence-corrected chi connectivity index (χ4v) is 1.28. The van der Waals surface area contributed by atoms with Crippen LogP contribution in [0.4, 0.5) is 0 Å². The largest absolute Gasteiger partial charge is 0.282 e. The standard InChI is InChI=1S/C8H20NP.ClH/c1-5-7(3)9(10)8(4)6-2;/h7-8H,5-6,10H2,1-4H3;1H. The Bertz CT molecular complexity index is 80.2. The van der Waals surface area contributed by atoms with Crippen molar-refractivity contribution >= 4 is 21.8 Å². The van der Waals surface area contributed by atoms with E-state index in [1.165, 1.54) is 12.8 Å². The topological polar surface area (TPSA) is 3.24 Å². The summed E-state index contributed by atoms with van der Waals surface area (Å²) in [5, 5.41) is 0. The van der Waals surface area contributed by atoms with E-state index in [2.05, 4.69) is 41.8 Å². The molecule has 0 aromatic carbocycles. The molecule has 70 valence electrons. The number of nitrogens with zero attached hydrogens (tertiary/aromatic N) is 1. The van der Waals surface area contributed by atoms with Crippen molar-refractivity contribution in [3.8, 4) is 0 Å². The molecule has 0 radical (unpaired) electrons. The highest BCUT2D eigenvalue weighted by Crippen LogP contribution is 2.15. The van der Waals surface area contributed by atoms with Gasteiger partial charge >= 0.3 is 0 Å². The zero-order chi connectivity index (χ0) is 8.15. The Balaban J connectivity index is 0. The fourth-order valence-electron chi connectivity index (χ4n) is 0.856. The van der Waals surface area contributed by atoms with Crippen LogP contribution in [0.15, 0.2) is 0 Å². The maximum atomic E-state index is 2.81. The third-order valence-electron chi connectivity index (χ3n) is 2.20. The molecule has 0 spiro atoms. The van der Waals surface area contributed by atoms with Crippen LogP contribution in [0.2, 0.25) is 0 Å². The summed E-state index contributed by atoms with van der Waals surface area (Å²) >= 11 is 0. The van der Waals surface area contributed by atoms with E-state index in [1.54, 1.807) is 0 Å². The molecule has 11 heavy (non-hydrogen) atoms. The molecular weight excluding hydrogens is 177 g/mol. The molecule has 0 aliphatic carbocycles. The first-order valence-electron chi connectivity index (χ1n) is 4.16. The second-order valence-electron chi connectivity index (χ2n) is 2.96. The van der Waals surface area contributed by atoms with E-state index in [-0.39, 0.29) is 12.4 Å². The Hall–Kier alpha value is 0.680. The van der Waals surface area contributed by atoms with Crippen molar-refractivity contribution in [2.24, 2.45) is 0 Å². The van der Waals surface area contributed by atoms with Crippen LogP contribution in [0.5, 0.6) is 0 Å². The maximum absolute atomic E-state index is 2.81. The van der Waals surface area contributed by atoms with Gasteiger partial charge in [0.1, 0.15) is 0 Å². The molecule has 0 saturated heterocycles. The van der Waals surface area contributed by atoms with Crippen molar-refractivity contribution in [3.63, 3.8) is 0 Å². The molecule has 0 amide bonds. The van der Waals surface area contributed by atoms with Crippen LogP contribution in [0.3, 0.4) is 0 Å². The van der Waals surface area contributed by atoms with E-state index < -0.39 is 0 Å². The van der Waals surface area contributed by atoms with Gasteiger partial charge in [-0.2, -0.15) is 0 Å². The molecule has 3 heteroatoms. The van der Waals surface area contributed by atoms with Crippen LogP contribution in [-0.4, -0.2) is 16.8 Å². The van der Waals surface area contributed by atoms with E-state index in [4.69, 9.17) is 0 Å². The van der Waals surface area contributed by atoms with Gasteiger partial charge in [0.2, 0.25) is 0 Å². The van der Waals surface area contributed by atoms with E-state index in [0.717, 1.165) is 0 Å². The lowest BCUT2D eigenvalue weighted by Crippen LogP contribution is -2.30. The molecule has 3 unspecified atom stereocenters. The lowest BCUT2D eigenvalue weighted by Gasteiger charge is -2.28. The summed E-state index contributed by atoms with van der Waals surface area (Å²) in [6, 6.07) is 1.39. The monoisotopic (exact) mass is 197 g/mol. The molecule has 3 atom stereocenters. The molecular formula is C8H21ClNP. The zero-order valence-corrected chi connectivity index (χ0v) is 9.97. The molecule has 0 rings (SSSR count). The molecule has 0 N–H and O–H groups in total. The second-order valence-corrected chi connectivity index (χ2v) is 3.56. The van der Waals surface area contributed by atoms with Crippen molar-refractivity contribution in [2.45, 2.75) is 52.6 Å². The minimum atomic E-state index is 0. The smallest absolute Gasteiger partial charge is 0.0101 e. The van der Waals surface area contributed by atoms with Crippen molar-refractivity contribution in [3.05, 3.63) is 0 Å². The molecule has 0 saturated carbocycles. The molecule has 0 heterocycles. The van der Waals surface area contributed by atoms with Crippen LogP contribution in [0.1, 0.15) is 40.5 Å². The van der Waals surface area contributed by atoms with Gasteiger partial charge in [0.05, 0.1) is 0 Å². The highest BCUT2D eigenvalue weighted by atomic mass is 35.5. The normalized spacial score (nSPS) is 15.8. The summed E-state index contributed by atoms with van der Waals surface area (Å²) < 4.78 is 2.36. The maximum Gasteiger partial charge on any atom is 0.0101 e. The van der Waals surface area contributed by atoms with Crippen molar-refractivity contribution < 1.29 is 0 Å². The number of hydrogen-bond acceptors (Lipinski definition) is 1. The Morgan fingerprint density at radius 1 is 1.09 bits per heavy atom. The summed E-state index contributed by atoms with van der Waals surface area (Å²) in [6.07, 6.45) is 2.46. The highest BCUT2D eigenvalue weighted by molar-refractivity contribution is 7.13. The summed E-state index contributed by atoms with van der Waals surface area (Å²) in [5.74, 6) is 0. The van der Waals surface area contributed by atoms with Gasteiger partial charge in [-0.05, 0) is 26.7 Å². The number of hydrogen-bond donors (Lipinski definition) is 0. The Morgan fingerprint density at radius 2 is 1.36 bits per heavy atom.